The Morgan fingerprint density at radius 3 is 2.25 bits per heavy atom. The van der Waals surface area contributed by atoms with Crippen LogP contribution in [0.1, 0.15) is 0 Å². The SMILES string of the molecule is COc1cccc(OC)c1OC[C@H](O)CN. The number of hydrogen-bond acceptors (Lipinski definition) is 5. The van der Waals surface area contributed by atoms with Crippen molar-refractivity contribution in [3.63, 3.8) is 0 Å². The molecule has 3 N–H and O–H groups in total. The number of ether oxygens (including phenoxy) is 3. The van der Waals surface area contributed by atoms with Gasteiger partial charge in [-0.25, -0.2) is 0 Å². The Kier molecular flexibility index (Phi) is 4.88. The highest BCUT2D eigenvalue weighted by molar-refractivity contribution is 5.51. The summed E-state index contributed by atoms with van der Waals surface area (Å²) >= 11 is 0. The first-order valence-corrected chi connectivity index (χ1v) is 4.94. The third-order valence-corrected chi connectivity index (χ3v) is 2.07. The molecule has 5 nitrogen and oxygen atoms in total. The van der Waals surface area contributed by atoms with Crippen LogP contribution in [0.4, 0.5) is 0 Å². The van der Waals surface area contributed by atoms with Crippen LogP contribution in [0.25, 0.3) is 0 Å². The summed E-state index contributed by atoms with van der Waals surface area (Å²) in [6.07, 6.45) is -0.699. The molecule has 16 heavy (non-hydrogen) atoms. The summed E-state index contributed by atoms with van der Waals surface area (Å²) in [5.74, 6) is 1.59. The molecule has 90 valence electrons. The summed E-state index contributed by atoms with van der Waals surface area (Å²) in [6.45, 7) is 0.255. The fraction of sp³-hybridized carbons (Fsp3) is 0.455. The average molecular weight is 227 g/mol. The molecular formula is C11H17NO4. The largest absolute Gasteiger partial charge is 0.493 e. The second-order valence-electron chi connectivity index (χ2n) is 3.19. The number of aliphatic hydroxyl groups excluding tert-OH is 1. The van der Waals surface area contributed by atoms with Gasteiger partial charge in [-0.15, -0.1) is 0 Å². The first kappa shape index (κ1) is 12.6. The van der Waals surface area contributed by atoms with E-state index in [1.807, 2.05) is 0 Å². The summed E-state index contributed by atoms with van der Waals surface area (Å²) in [4.78, 5) is 0. The Morgan fingerprint density at radius 1 is 1.25 bits per heavy atom. The highest BCUT2D eigenvalue weighted by Crippen LogP contribution is 2.36. The molecule has 0 aliphatic carbocycles. The van der Waals surface area contributed by atoms with Crippen LogP contribution in [0.5, 0.6) is 17.2 Å². The van der Waals surface area contributed by atoms with Crippen LogP contribution in [-0.2, 0) is 0 Å². The highest BCUT2D eigenvalue weighted by atomic mass is 16.5. The highest BCUT2D eigenvalue weighted by Gasteiger charge is 2.12. The van der Waals surface area contributed by atoms with Crippen molar-refractivity contribution in [3.05, 3.63) is 18.2 Å². The van der Waals surface area contributed by atoms with Crippen molar-refractivity contribution < 1.29 is 19.3 Å². The second-order valence-corrected chi connectivity index (χ2v) is 3.19. The van der Waals surface area contributed by atoms with E-state index < -0.39 is 6.10 Å². The molecule has 0 amide bonds. The maximum atomic E-state index is 9.31. The standard InChI is InChI=1S/C11H17NO4/c1-14-9-4-3-5-10(15-2)11(9)16-7-8(13)6-12/h3-5,8,13H,6-7,12H2,1-2H3/t8-/m1/s1. The zero-order chi connectivity index (χ0) is 12.0. The van der Waals surface area contributed by atoms with E-state index in [0.717, 1.165) is 0 Å². The van der Waals surface area contributed by atoms with Gasteiger partial charge < -0.3 is 25.1 Å². The summed E-state index contributed by atoms with van der Waals surface area (Å²) in [5.41, 5.74) is 5.28. The lowest BCUT2D eigenvalue weighted by Crippen LogP contribution is -2.26. The molecule has 0 bridgehead atoms. The van der Waals surface area contributed by atoms with Crippen molar-refractivity contribution >= 4 is 0 Å². The van der Waals surface area contributed by atoms with Crippen molar-refractivity contribution in [2.45, 2.75) is 6.10 Å². The molecule has 1 rings (SSSR count). The molecular weight excluding hydrogens is 210 g/mol. The Bertz CT molecular complexity index is 308. The zero-order valence-corrected chi connectivity index (χ0v) is 9.47. The number of para-hydroxylation sites is 1. The Labute approximate surface area is 94.7 Å². The number of rotatable bonds is 6. The fourth-order valence-corrected chi connectivity index (χ4v) is 1.21. The topological polar surface area (TPSA) is 73.9 Å². The molecule has 0 heterocycles. The van der Waals surface area contributed by atoms with Crippen molar-refractivity contribution in [2.75, 3.05) is 27.4 Å². The van der Waals surface area contributed by atoms with Gasteiger partial charge in [0.25, 0.3) is 0 Å². The lowest BCUT2D eigenvalue weighted by atomic mass is 10.3. The predicted molar refractivity (Wildman–Crippen MR) is 60.1 cm³/mol. The van der Waals surface area contributed by atoms with Gasteiger partial charge in [0, 0.05) is 6.54 Å². The van der Waals surface area contributed by atoms with E-state index in [1.54, 1.807) is 32.4 Å². The van der Waals surface area contributed by atoms with Crippen LogP contribution < -0.4 is 19.9 Å². The first-order chi connectivity index (χ1) is 7.72. The van der Waals surface area contributed by atoms with Gasteiger partial charge in [0.15, 0.2) is 11.5 Å². The Morgan fingerprint density at radius 2 is 1.81 bits per heavy atom. The lowest BCUT2D eigenvalue weighted by molar-refractivity contribution is 0.110. The van der Waals surface area contributed by atoms with Crippen molar-refractivity contribution in [3.8, 4) is 17.2 Å². The number of hydrogen-bond donors (Lipinski definition) is 2. The lowest BCUT2D eigenvalue weighted by Gasteiger charge is -2.15. The summed E-state index contributed by atoms with van der Waals surface area (Å²) < 4.78 is 15.7. The third-order valence-electron chi connectivity index (χ3n) is 2.07. The van der Waals surface area contributed by atoms with E-state index >= 15 is 0 Å². The van der Waals surface area contributed by atoms with Gasteiger partial charge in [0.2, 0.25) is 5.75 Å². The molecule has 0 saturated carbocycles. The van der Waals surface area contributed by atoms with E-state index in [2.05, 4.69) is 0 Å². The molecule has 1 atom stereocenters. The van der Waals surface area contributed by atoms with Gasteiger partial charge in [-0.2, -0.15) is 0 Å². The van der Waals surface area contributed by atoms with E-state index in [1.165, 1.54) is 0 Å². The van der Waals surface area contributed by atoms with E-state index in [4.69, 9.17) is 19.9 Å². The molecule has 0 saturated heterocycles. The Balaban J connectivity index is 2.82. The number of nitrogens with two attached hydrogens (primary N) is 1. The minimum atomic E-state index is -0.699. The van der Waals surface area contributed by atoms with Gasteiger partial charge >= 0.3 is 0 Å². The zero-order valence-electron chi connectivity index (χ0n) is 9.47. The monoisotopic (exact) mass is 227 g/mol. The van der Waals surface area contributed by atoms with Crippen LogP contribution in [0, 0.1) is 0 Å². The van der Waals surface area contributed by atoms with Crippen molar-refractivity contribution in [1.29, 1.82) is 0 Å². The smallest absolute Gasteiger partial charge is 0.203 e. The molecule has 0 radical (unpaired) electrons. The second kappa shape index (κ2) is 6.19. The third kappa shape index (κ3) is 3.01. The maximum Gasteiger partial charge on any atom is 0.203 e. The van der Waals surface area contributed by atoms with Crippen LogP contribution in [0.15, 0.2) is 18.2 Å². The molecule has 5 heteroatoms. The summed E-state index contributed by atoms with van der Waals surface area (Å²) in [6, 6.07) is 5.31. The van der Waals surface area contributed by atoms with E-state index in [9.17, 15) is 5.11 Å². The van der Waals surface area contributed by atoms with Crippen LogP contribution in [0.2, 0.25) is 0 Å². The minimum Gasteiger partial charge on any atom is -0.493 e. The van der Waals surface area contributed by atoms with Gasteiger partial charge in [0.1, 0.15) is 12.7 Å². The van der Waals surface area contributed by atoms with Crippen LogP contribution >= 0.6 is 0 Å². The number of aliphatic hydroxyl groups is 1. The van der Waals surface area contributed by atoms with Gasteiger partial charge in [-0.1, -0.05) is 6.07 Å². The molecule has 0 unspecified atom stereocenters. The predicted octanol–water partition coefficient (Wildman–Crippen LogP) is 0.402. The van der Waals surface area contributed by atoms with Gasteiger partial charge in [-0.3, -0.25) is 0 Å². The summed E-state index contributed by atoms with van der Waals surface area (Å²) in [5, 5.41) is 9.31. The summed E-state index contributed by atoms with van der Waals surface area (Å²) in [7, 11) is 3.09. The van der Waals surface area contributed by atoms with Gasteiger partial charge in [-0.05, 0) is 12.1 Å². The fourth-order valence-electron chi connectivity index (χ4n) is 1.21. The first-order valence-electron chi connectivity index (χ1n) is 4.94. The molecule has 1 aromatic rings. The van der Waals surface area contributed by atoms with Gasteiger partial charge in [0.05, 0.1) is 14.2 Å². The molecule has 0 spiro atoms. The molecule has 0 aliphatic rings. The number of benzene rings is 1. The average Bonchev–Trinajstić information content (AvgIpc) is 2.35. The van der Waals surface area contributed by atoms with Crippen LogP contribution in [0.3, 0.4) is 0 Å². The van der Waals surface area contributed by atoms with E-state index in [0.29, 0.717) is 17.2 Å². The molecule has 0 fully saturated rings. The normalized spacial score (nSPS) is 12.0. The molecule has 0 aromatic heterocycles. The Hall–Kier alpha value is -1.46. The van der Waals surface area contributed by atoms with Crippen LogP contribution in [-0.4, -0.2) is 38.6 Å². The number of methoxy groups -OCH3 is 2. The molecule has 0 aliphatic heterocycles. The maximum absolute atomic E-state index is 9.31. The minimum absolute atomic E-state index is 0.104. The van der Waals surface area contributed by atoms with Crippen molar-refractivity contribution in [2.24, 2.45) is 5.73 Å². The van der Waals surface area contributed by atoms with Crippen molar-refractivity contribution in [1.82, 2.24) is 0 Å². The molecule has 1 aromatic carbocycles. The quantitative estimate of drug-likeness (QED) is 0.736. The van der Waals surface area contributed by atoms with E-state index in [-0.39, 0.29) is 13.2 Å².